The number of nitriles is 1. The second kappa shape index (κ2) is 5.99. The topological polar surface area (TPSA) is 36.7 Å². The molecule has 1 saturated carbocycles. The summed E-state index contributed by atoms with van der Waals surface area (Å²) >= 11 is 3.54. The Hall–Kier alpha value is -1.31. The summed E-state index contributed by atoms with van der Waals surface area (Å²) < 4.78 is 0. The number of hydrogen-bond donors (Lipinski definition) is 0. The van der Waals surface area contributed by atoms with Crippen LogP contribution in [0.4, 0.5) is 0 Å². The smallest absolute Gasteiger partial charge is 0.103 e. The molecule has 3 rings (SSSR count). The summed E-state index contributed by atoms with van der Waals surface area (Å²) in [6.45, 7) is 2.10. The Morgan fingerprint density at radius 2 is 2.10 bits per heavy atom. The first-order valence-electron chi connectivity index (χ1n) is 6.81. The van der Waals surface area contributed by atoms with Crippen LogP contribution in [0.1, 0.15) is 39.9 Å². The average Bonchev–Trinajstić information content (AvgIpc) is 3.21. The first-order valence-corrected chi connectivity index (χ1v) is 8.61. The first kappa shape index (κ1) is 13.7. The maximum absolute atomic E-state index is 8.91. The summed E-state index contributed by atoms with van der Waals surface area (Å²) in [6, 6.07) is 10.9. The second-order valence-electron chi connectivity index (χ2n) is 5.13. The quantitative estimate of drug-likeness (QED) is 0.752. The molecule has 0 atom stereocenters. The number of rotatable bonds is 5. The van der Waals surface area contributed by atoms with E-state index in [0.29, 0.717) is 12.3 Å². The third-order valence-corrected chi connectivity index (χ3v) is 5.64. The lowest BCUT2D eigenvalue weighted by Crippen LogP contribution is -1.87. The number of thioether (sulfide) groups is 1. The lowest BCUT2D eigenvalue weighted by Gasteiger charge is -1.99. The molecule has 1 aliphatic rings. The van der Waals surface area contributed by atoms with Crippen molar-refractivity contribution in [3.05, 3.63) is 45.4 Å². The van der Waals surface area contributed by atoms with E-state index in [-0.39, 0.29) is 0 Å². The molecule has 0 N–H and O–H groups in total. The van der Waals surface area contributed by atoms with Gasteiger partial charge in [0, 0.05) is 15.7 Å². The maximum Gasteiger partial charge on any atom is 0.103 e. The number of aryl methyl sites for hydroxylation is 1. The van der Waals surface area contributed by atoms with Crippen molar-refractivity contribution in [1.29, 1.82) is 5.26 Å². The van der Waals surface area contributed by atoms with Gasteiger partial charge in [-0.3, -0.25) is 0 Å². The van der Waals surface area contributed by atoms with Gasteiger partial charge in [0.1, 0.15) is 5.01 Å². The zero-order valence-corrected chi connectivity index (χ0v) is 13.1. The zero-order chi connectivity index (χ0) is 13.9. The molecular formula is C16H16N2S2. The zero-order valence-electron chi connectivity index (χ0n) is 11.4. The van der Waals surface area contributed by atoms with E-state index in [0.717, 1.165) is 10.8 Å². The molecule has 102 valence electrons. The van der Waals surface area contributed by atoms with Crippen LogP contribution in [-0.4, -0.2) is 4.98 Å². The van der Waals surface area contributed by atoms with Crippen LogP contribution in [-0.2, 0) is 12.2 Å². The standard InChI is InChI=1S/C16H16N2S2/c1-11-2-6-13(7-3-11)19-10-15-18-16(12-4-5-12)14(20-15)8-9-17/h2-3,6-7,12H,4-5,8,10H2,1H3. The molecule has 4 heteroatoms. The predicted octanol–water partition coefficient (Wildman–Crippen LogP) is 4.69. The van der Waals surface area contributed by atoms with Gasteiger partial charge in [0.15, 0.2) is 0 Å². The number of nitrogens with zero attached hydrogens (tertiary/aromatic N) is 2. The largest absolute Gasteiger partial charge is 0.245 e. The number of aromatic nitrogens is 1. The maximum atomic E-state index is 8.91. The molecule has 0 radical (unpaired) electrons. The third-order valence-electron chi connectivity index (χ3n) is 3.36. The normalized spacial score (nSPS) is 14.2. The molecule has 1 heterocycles. The highest BCUT2D eigenvalue weighted by molar-refractivity contribution is 7.98. The lowest BCUT2D eigenvalue weighted by atomic mass is 10.2. The summed E-state index contributed by atoms with van der Waals surface area (Å²) in [5, 5.41) is 10.1. The molecular weight excluding hydrogens is 284 g/mol. The average molecular weight is 300 g/mol. The Morgan fingerprint density at radius 1 is 1.35 bits per heavy atom. The van der Waals surface area contributed by atoms with Crippen molar-refractivity contribution < 1.29 is 0 Å². The van der Waals surface area contributed by atoms with E-state index in [2.05, 4.69) is 37.3 Å². The molecule has 1 fully saturated rings. The van der Waals surface area contributed by atoms with Crippen molar-refractivity contribution in [1.82, 2.24) is 4.98 Å². The van der Waals surface area contributed by atoms with Gasteiger partial charge in [-0.1, -0.05) is 17.7 Å². The van der Waals surface area contributed by atoms with Gasteiger partial charge in [0.2, 0.25) is 0 Å². The van der Waals surface area contributed by atoms with E-state index in [1.54, 1.807) is 11.3 Å². The van der Waals surface area contributed by atoms with Crippen molar-refractivity contribution in [3.63, 3.8) is 0 Å². The van der Waals surface area contributed by atoms with Crippen molar-refractivity contribution >= 4 is 23.1 Å². The molecule has 0 aliphatic heterocycles. The fourth-order valence-corrected chi connectivity index (χ4v) is 4.11. The van der Waals surface area contributed by atoms with Crippen LogP contribution in [0.2, 0.25) is 0 Å². The van der Waals surface area contributed by atoms with E-state index in [4.69, 9.17) is 10.2 Å². The van der Waals surface area contributed by atoms with Crippen LogP contribution in [0, 0.1) is 18.3 Å². The van der Waals surface area contributed by atoms with Crippen LogP contribution in [0.5, 0.6) is 0 Å². The highest BCUT2D eigenvalue weighted by Crippen LogP contribution is 2.43. The Morgan fingerprint density at radius 3 is 2.75 bits per heavy atom. The predicted molar refractivity (Wildman–Crippen MR) is 84.1 cm³/mol. The molecule has 2 nitrogen and oxygen atoms in total. The van der Waals surface area contributed by atoms with Gasteiger partial charge in [-0.05, 0) is 31.9 Å². The van der Waals surface area contributed by atoms with E-state index >= 15 is 0 Å². The molecule has 20 heavy (non-hydrogen) atoms. The van der Waals surface area contributed by atoms with Gasteiger partial charge in [-0.2, -0.15) is 5.26 Å². The van der Waals surface area contributed by atoms with Gasteiger partial charge in [-0.15, -0.1) is 23.1 Å². The van der Waals surface area contributed by atoms with E-state index in [1.807, 2.05) is 11.8 Å². The third kappa shape index (κ3) is 3.23. The van der Waals surface area contributed by atoms with E-state index in [1.165, 1.54) is 33.9 Å². The van der Waals surface area contributed by atoms with Gasteiger partial charge in [0.25, 0.3) is 0 Å². The summed E-state index contributed by atoms with van der Waals surface area (Å²) in [4.78, 5) is 7.24. The molecule has 1 aliphatic carbocycles. The minimum atomic E-state index is 0.513. The molecule has 1 aromatic carbocycles. The Kier molecular flexibility index (Phi) is 4.09. The lowest BCUT2D eigenvalue weighted by molar-refractivity contribution is 1.00. The molecule has 0 amide bonds. The molecule has 0 unspecified atom stereocenters. The number of benzene rings is 1. The van der Waals surface area contributed by atoms with Gasteiger partial charge < -0.3 is 0 Å². The fourth-order valence-electron chi connectivity index (χ4n) is 2.13. The Balaban J connectivity index is 1.69. The summed E-state index contributed by atoms with van der Waals surface area (Å²) in [6.07, 6.45) is 3.00. The van der Waals surface area contributed by atoms with E-state index in [9.17, 15) is 0 Å². The van der Waals surface area contributed by atoms with Crippen molar-refractivity contribution in [2.75, 3.05) is 0 Å². The molecule has 1 aromatic heterocycles. The fraction of sp³-hybridized carbons (Fsp3) is 0.375. The van der Waals surface area contributed by atoms with Gasteiger partial charge >= 0.3 is 0 Å². The van der Waals surface area contributed by atoms with Crippen LogP contribution in [0.25, 0.3) is 0 Å². The number of thiazole rings is 1. The minimum Gasteiger partial charge on any atom is -0.245 e. The van der Waals surface area contributed by atoms with Crippen LogP contribution in [0.3, 0.4) is 0 Å². The van der Waals surface area contributed by atoms with Crippen LogP contribution < -0.4 is 0 Å². The molecule has 2 aromatic rings. The molecule has 0 bridgehead atoms. The highest BCUT2D eigenvalue weighted by atomic mass is 32.2. The van der Waals surface area contributed by atoms with Crippen molar-refractivity contribution in [2.24, 2.45) is 0 Å². The minimum absolute atomic E-state index is 0.513. The van der Waals surface area contributed by atoms with Crippen molar-refractivity contribution in [2.45, 2.75) is 42.8 Å². The second-order valence-corrected chi connectivity index (χ2v) is 7.34. The first-order chi connectivity index (χ1) is 9.76. The number of hydrogen-bond acceptors (Lipinski definition) is 4. The van der Waals surface area contributed by atoms with Gasteiger partial charge in [0.05, 0.1) is 23.9 Å². The highest BCUT2D eigenvalue weighted by Gasteiger charge is 2.29. The van der Waals surface area contributed by atoms with Crippen molar-refractivity contribution in [3.8, 4) is 6.07 Å². The van der Waals surface area contributed by atoms with Crippen LogP contribution in [0.15, 0.2) is 29.2 Å². The SMILES string of the molecule is Cc1ccc(SCc2nc(C3CC3)c(CC#N)s2)cc1. The monoisotopic (exact) mass is 300 g/mol. The Bertz CT molecular complexity index is 633. The summed E-state index contributed by atoms with van der Waals surface area (Å²) in [5.74, 6) is 1.53. The summed E-state index contributed by atoms with van der Waals surface area (Å²) in [5.41, 5.74) is 2.49. The Labute approximate surface area is 127 Å². The molecule has 0 saturated heterocycles. The van der Waals surface area contributed by atoms with Gasteiger partial charge in [-0.25, -0.2) is 4.98 Å². The summed E-state index contributed by atoms with van der Waals surface area (Å²) in [7, 11) is 0. The van der Waals surface area contributed by atoms with E-state index < -0.39 is 0 Å². The molecule has 0 spiro atoms. The van der Waals surface area contributed by atoms with Crippen LogP contribution >= 0.6 is 23.1 Å².